The van der Waals surface area contributed by atoms with Crippen molar-refractivity contribution in [2.45, 2.75) is 0 Å². The maximum absolute atomic E-state index is 4.52. The zero-order chi connectivity index (χ0) is 14.5. The van der Waals surface area contributed by atoms with Gasteiger partial charge in [-0.1, -0.05) is 12.1 Å². The number of hydrogen-bond donors (Lipinski definition) is 4. The van der Waals surface area contributed by atoms with Gasteiger partial charge in [-0.15, -0.1) is 25.3 Å². The molecule has 0 aliphatic heterocycles. The smallest absolute Gasteiger partial charge is 0.0894 e. The molecule has 20 heavy (non-hydrogen) atoms. The summed E-state index contributed by atoms with van der Waals surface area (Å²) >= 11 is 16.8. The van der Waals surface area contributed by atoms with Gasteiger partial charge < -0.3 is 0 Å². The molecule has 102 valence electrons. The third-order valence-corrected chi connectivity index (χ3v) is 4.17. The van der Waals surface area contributed by atoms with Crippen molar-refractivity contribution in [2.24, 2.45) is 0 Å². The number of thiol groups is 4. The summed E-state index contributed by atoms with van der Waals surface area (Å²) in [4.78, 5) is 10.5. The van der Waals surface area contributed by atoms with Crippen LogP contribution in [0.4, 0.5) is 0 Å². The zero-order valence-electron chi connectivity index (χ0n) is 10.3. The molecule has 6 heteroatoms. The second-order valence-electron chi connectivity index (χ2n) is 3.84. The average molecular weight is 337 g/mol. The molecule has 0 amide bonds. The first-order valence-corrected chi connectivity index (χ1v) is 7.60. The van der Waals surface area contributed by atoms with Gasteiger partial charge >= 0.3 is 0 Å². The Morgan fingerprint density at radius 2 is 1.15 bits per heavy atom. The molecule has 2 rings (SSSR count). The summed E-state index contributed by atoms with van der Waals surface area (Å²) in [5.41, 5.74) is 3.05. The van der Waals surface area contributed by atoms with Crippen LogP contribution in [0.5, 0.6) is 0 Å². The van der Waals surface area contributed by atoms with Gasteiger partial charge in [0.15, 0.2) is 0 Å². The summed E-state index contributed by atoms with van der Waals surface area (Å²) < 4.78 is 0. The predicted molar refractivity (Wildman–Crippen MR) is 99.4 cm³/mol. The van der Waals surface area contributed by atoms with Crippen LogP contribution in [0.1, 0.15) is 11.4 Å². The SMILES string of the molecule is S/C=C(\S)c1cccc(-c2cccc(/C(S)=C/S)n2)n1. The molecule has 0 fully saturated rings. The van der Waals surface area contributed by atoms with E-state index in [-0.39, 0.29) is 0 Å². The van der Waals surface area contributed by atoms with E-state index < -0.39 is 0 Å². The largest absolute Gasteiger partial charge is 0.246 e. The Bertz CT molecular complexity index is 621. The predicted octanol–water partition coefficient (Wildman–Crippen LogP) is 4.46. The van der Waals surface area contributed by atoms with Gasteiger partial charge in [-0.25, -0.2) is 9.97 Å². The van der Waals surface area contributed by atoms with Gasteiger partial charge in [0.2, 0.25) is 0 Å². The molecule has 2 heterocycles. The van der Waals surface area contributed by atoms with Gasteiger partial charge in [-0.3, -0.25) is 0 Å². The number of nitrogens with zero attached hydrogens (tertiary/aromatic N) is 2. The van der Waals surface area contributed by atoms with E-state index in [0.29, 0.717) is 9.81 Å². The molecule has 0 bridgehead atoms. The van der Waals surface area contributed by atoms with E-state index in [1.54, 1.807) is 10.8 Å². The monoisotopic (exact) mass is 336 g/mol. The Labute approximate surface area is 140 Å². The van der Waals surface area contributed by atoms with Crippen molar-refractivity contribution in [2.75, 3.05) is 0 Å². The lowest BCUT2D eigenvalue weighted by atomic mass is 10.2. The molecule has 0 saturated heterocycles. The maximum Gasteiger partial charge on any atom is 0.0894 e. The zero-order valence-corrected chi connectivity index (χ0v) is 13.9. The summed E-state index contributed by atoms with van der Waals surface area (Å²) in [5, 5.41) is 3.21. The van der Waals surface area contributed by atoms with Gasteiger partial charge in [0.1, 0.15) is 0 Å². The van der Waals surface area contributed by atoms with Crippen molar-refractivity contribution >= 4 is 60.3 Å². The number of hydrogen-bond acceptors (Lipinski definition) is 6. The van der Waals surface area contributed by atoms with E-state index >= 15 is 0 Å². The first-order valence-electron chi connectivity index (χ1n) is 5.67. The van der Waals surface area contributed by atoms with Crippen molar-refractivity contribution in [3.63, 3.8) is 0 Å². The molecular weight excluding hydrogens is 324 g/mol. The first kappa shape index (κ1) is 15.6. The number of pyridine rings is 2. The molecule has 0 spiro atoms. The van der Waals surface area contributed by atoms with Crippen LogP contribution in [0.15, 0.2) is 47.2 Å². The van der Waals surface area contributed by atoms with Gasteiger partial charge in [0.05, 0.1) is 22.8 Å². The quantitative estimate of drug-likeness (QED) is 0.623. The van der Waals surface area contributed by atoms with Crippen molar-refractivity contribution < 1.29 is 0 Å². The summed E-state index contributed by atoms with van der Waals surface area (Å²) in [6.45, 7) is 0. The highest BCUT2D eigenvalue weighted by atomic mass is 32.1. The van der Waals surface area contributed by atoms with Crippen LogP contribution in [-0.4, -0.2) is 9.97 Å². The van der Waals surface area contributed by atoms with Gasteiger partial charge in [0, 0.05) is 9.81 Å². The van der Waals surface area contributed by atoms with Crippen molar-refractivity contribution in [3.8, 4) is 11.4 Å². The average Bonchev–Trinajstić information content (AvgIpc) is 2.53. The van der Waals surface area contributed by atoms with Crippen molar-refractivity contribution in [1.29, 1.82) is 0 Å². The molecule has 2 aromatic rings. The second-order valence-corrected chi connectivity index (χ2v) is 5.32. The van der Waals surface area contributed by atoms with Crippen LogP contribution in [-0.2, 0) is 0 Å². The van der Waals surface area contributed by atoms with E-state index in [1.165, 1.54) is 0 Å². The van der Waals surface area contributed by atoms with Crippen molar-refractivity contribution in [3.05, 3.63) is 58.6 Å². The Morgan fingerprint density at radius 1 is 0.750 bits per heavy atom. The Kier molecular flexibility index (Phi) is 5.65. The minimum absolute atomic E-state index is 0.705. The summed E-state index contributed by atoms with van der Waals surface area (Å²) in [6.07, 6.45) is 0. The van der Waals surface area contributed by atoms with E-state index in [9.17, 15) is 0 Å². The van der Waals surface area contributed by atoms with Crippen molar-refractivity contribution in [1.82, 2.24) is 9.97 Å². The molecule has 0 N–H and O–H groups in total. The molecule has 0 aliphatic rings. The van der Waals surface area contributed by atoms with E-state index in [4.69, 9.17) is 0 Å². The fourth-order valence-corrected chi connectivity index (χ4v) is 2.09. The normalized spacial score (nSPS) is 12.6. The van der Waals surface area contributed by atoms with Crippen LogP contribution in [0.25, 0.3) is 21.2 Å². The summed E-state index contributed by atoms with van der Waals surface area (Å²) in [7, 11) is 0. The lowest BCUT2D eigenvalue weighted by molar-refractivity contribution is 1.22. The molecule has 0 aromatic carbocycles. The Hall–Kier alpha value is -0.820. The fourth-order valence-electron chi connectivity index (χ4n) is 1.57. The van der Waals surface area contributed by atoms with Gasteiger partial charge in [-0.05, 0) is 35.1 Å². The topological polar surface area (TPSA) is 25.8 Å². The molecule has 2 nitrogen and oxygen atoms in total. The maximum atomic E-state index is 4.52. The minimum Gasteiger partial charge on any atom is -0.246 e. The number of rotatable bonds is 3. The lowest BCUT2D eigenvalue weighted by Gasteiger charge is -2.06. The highest BCUT2D eigenvalue weighted by molar-refractivity contribution is 7.93. The van der Waals surface area contributed by atoms with Gasteiger partial charge in [0.25, 0.3) is 0 Å². The third kappa shape index (κ3) is 3.63. The summed E-state index contributed by atoms with van der Waals surface area (Å²) in [5.74, 6) is 0. The molecule has 0 atom stereocenters. The number of aromatic nitrogens is 2. The molecule has 0 unspecified atom stereocenters. The van der Waals surface area contributed by atoms with Gasteiger partial charge in [-0.2, -0.15) is 25.3 Å². The first-order chi connectivity index (χ1) is 9.65. The standard InChI is InChI=1S/C14H12N2S4/c17-7-13(19)11-5-1-3-9(15-11)10-4-2-6-12(16-10)14(20)8-18/h1-8,17-20H/b13-7-,14-8-. The third-order valence-electron chi connectivity index (χ3n) is 2.53. The highest BCUT2D eigenvalue weighted by Crippen LogP contribution is 2.23. The fraction of sp³-hybridized carbons (Fsp3) is 0. The summed E-state index contributed by atoms with van der Waals surface area (Å²) in [6, 6.07) is 11.4. The molecule has 0 aliphatic carbocycles. The van der Waals surface area contributed by atoms with Crippen LogP contribution < -0.4 is 0 Å². The van der Waals surface area contributed by atoms with Crippen LogP contribution in [0, 0.1) is 0 Å². The molecule has 2 aromatic heterocycles. The van der Waals surface area contributed by atoms with E-state index in [0.717, 1.165) is 22.8 Å². The molecule has 0 saturated carbocycles. The van der Waals surface area contributed by atoms with Crippen LogP contribution >= 0.6 is 50.5 Å². The molecular formula is C14H12N2S4. The molecule has 0 radical (unpaired) electrons. The van der Waals surface area contributed by atoms with E-state index in [1.807, 2.05) is 36.4 Å². The Balaban J connectivity index is 2.47. The minimum atomic E-state index is 0.705. The van der Waals surface area contributed by atoms with E-state index in [2.05, 4.69) is 60.5 Å². The second kappa shape index (κ2) is 7.26. The van der Waals surface area contributed by atoms with Crippen LogP contribution in [0.2, 0.25) is 0 Å². The highest BCUT2D eigenvalue weighted by Gasteiger charge is 2.06. The van der Waals surface area contributed by atoms with Crippen LogP contribution in [0.3, 0.4) is 0 Å². The Morgan fingerprint density at radius 3 is 1.50 bits per heavy atom. The lowest BCUT2D eigenvalue weighted by Crippen LogP contribution is -1.93.